The zero-order valence-corrected chi connectivity index (χ0v) is 16.4. The first kappa shape index (κ1) is 20.4. The van der Waals surface area contributed by atoms with Crippen molar-refractivity contribution in [2.45, 2.75) is 13.1 Å². The summed E-state index contributed by atoms with van der Waals surface area (Å²) in [6.07, 6.45) is -3.03. The molecule has 0 aliphatic heterocycles. The van der Waals surface area contributed by atoms with Gasteiger partial charge in [-0.05, 0) is 47.9 Å². The fourth-order valence-corrected chi connectivity index (χ4v) is 3.24. The molecule has 0 aliphatic rings. The number of rotatable bonds is 4. The predicted octanol–water partition coefficient (Wildman–Crippen LogP) is 6.81. The van der Waals surface area contributed by atoms with E-state index >= 15 is 0 Å². The molecular weight excluding hydrogens is 405 g/mol. The van der Waals surface area contributed by atoms with Crippen LogP contribution < -0.4 is 0 Å². The smallest absolute Gasteiger partial charge is 0.416 e. The summed E-state index contributed by atoms with van der Waals surface area (Å²) in [5.41, 5.74) is 4.03. The van der Waals surface area contributed by atoms with Crippen LogP contribution in [0.4, 0.5) is 13.2 Å². The monoisotopic (exact) mass is 422 g/mol. The first-order chi connectivity index (χ1) is 14.8. The van der Waals surface area contributed by atoms with E-state index in [4.69, 9.17) is 9.62 Å². The molecule has 156 valence electrons. The first-order valence-corrected chi connectivity index (χ1v) is 9.38. The molecule has 31 heavy (non-hydrogen) atoms. The van der Waals surface area contributed by atoms with Gasteiger partial charge in [0, 0.05) is 11.1 Å². The molecule has 4 nitrogen and oxygen atoms in total. The number of nitrogens with zero attached hydrogens (tertiary/aromatic N) is 2. The molecule has 3 aromatic carbocycles. The maximum Gasteiger partial charge on any atom is 0.416 e. The highest BCUT2D eigenvalue weighted by Gasteiger charge is 2.30. The van der Waals surface area contributed by atoms with Gasteiger partial charge < -0.3 is 9.62 Å². The quantitative estimate of drug-likeness (QED) is 0.223. The van der Waals surface area contributed by atoms with Crippen LogP contribution in [0.3, 0.4) is 0 Å². The largest absolute Gasteiger partial charge is 0.441 e. The zero-order chi connectivity index (χ0) is 22.0. The summed E-state index contributed by atoms with van der Waals surface area (Å²) in [6.45, 7) is 1.77. The molecule has 0 atom stereocenters. The molecule has 0 saturated carbocycles. The van der Waals surface area contributed by atoms with E-state index in [1.54, 1.807) is 6.92 Å². The molecule has 0 spiro atoms. The van der Waals surface area contributed by atoms with Crippen molar-refractivity contribution in [3.8, 4) is 33.8 Å². The number of oxime groups is 1. The van der Waals surface area contributed by atoms with E-state index < -0.39 is 11.7 Å². The number of hydrogen-bond acceptors (Lipinski definition) is 4. The van der Waals surface area contributed by atoms with E-state index in [2.05, 4.69) is 10.1 Å². The Morgan fingerprint density at radius 3 is 1.87 bits per heavy atom. The average Bonchev–Trinajstić information content (AvgIpc) is 3.16. The molecule has 0 aliphatic carbocycles. The van der Waals surface area contributed by atoms with Crippen molar-refractivity contribution in [1.29, 1.82) is 0 Å². The highest BCUT2D eigenvalue weighted by atomic mass is 19.4. The van der Waals surface area contributed by atoms with Gasteiger partial charge in [-0.2, -0.15) is 13.2 Å². The topological polar surface area (TPSA) is 58.6 Å². The molecule has 0 saturated heterocycles. The number of aryl methyl sites for hydroxylation is 1. The number of hydrogen-bond donors (Lipinski definition) is 1. The van der Waals surface area contributed by atoms with Crippen molar-refractivity contribution in [1.82, 2.24) is 4.98 Å². The minimum atomic E-state index is -4.38. The van der Waals surface area contributed by atoms with E-state index in [1.807, 2.05) is 48.5 Å². The van der Waals surface area contributed by atoms with Crippen molar-refractivity contribution < 1.29 is 22.8 Å². The highest BCUT2D eigenvalue weighted by molar-refractivity contribution is 5.80. The van der Waals surface area contributed by atoms with Gasteiger partial charge in [-0.25, -0.2) is 4.98 Å². The lowest BCUT2D eigenvalue weighted by Crippen LogP contribution is -2.03. The van der Waals surface area contributed by atoms with Crippen molar-refractivity contribution >= 4 is 6.21 Å². The zero-order valence-electron chi connectivity index (χ0n) is 16.4. The minimum Gasteiger partial charge on any atom is -0.441 e. The van der Waals surface area contributed by atoms with Crippen LogP contribution in [-0.2, 0) is 6.18 Å². The summed E-state index contributed by atoms with van der Waals surface area (Å²) in [7, 11) is 0. The van der Waals surface area contributed by atoms with Crippen LogP contribution in [-0.4, -0.2) is 16.4 Å². The van der Waals surface area contributed by atoms with Gasteiger partial charge in [0.2, 0.25) is 5.89 Å². The van der Waals surface area contributed by atoms with E-state index in [0.717, 1.165) is 34.4 Å². The molecule has 0 amide bonds. The van der Waals surface area contributed by atoms with Crippen molar-refractivity contribution in [2.75, 3.05) is 0 Å². The Kier molecular flexibility index (Phi) is 5.33. The molecule has 4 rings (SSSR count). The second-order valence-corrected chi connectivity index (χ2v) is 6.94. The third-order valence-electron chi connectivity index (χ3n) is 4.86. The van der Waals surface area contributed by atoms with Gasteiger partial charge in [0.1, 0.15) is 11.5 Å². The second-order valence-electron chi connectivity index (χ2n) is 6.94. The van der Waals surface area contributed by atoms with Crippen LogP contribution in [0.5, 0.6) is 0 Å². The molecule has 0 radical (unpaired) electrons. The maximum absolute atomic E-state index is 12.8. The number of benzene rings is 3. The van der Waals surface area contributed by atoms with Gasteiger partial charge in [-0.15, -0.1) is 0 Å². The number of aromatic nitrogens is 1. The molecule has 7 heteroatoms. The molecule has 0 fully saturated rings. The Morgan fingerprint density at radius 2 is 1.32 bits per heavy atom. The third-order valence-corrected chi connectivity index (χ3v) is 4.86. The molecule has 1 heterocycles. The Bertz CT molecular complexity index is 1210. The Hall–Kier alpha value is -3.87. The first-order valence-electron chi connectivity index (χ1n) is 9.38. The van der Waals surface area contributed by atoms with Crippen LogP contribution in [0.25, 0.3) is 33.8 Å². The lowest BCUT2D eigenvalue weighted by molar-refractivity contribution is -0.137. The van der Waals surface area contributed by atoms with Crippen LogP contribution in [0.2, 0.25) is 0 Å². The van der Waals surface area contributed by atoms with Gasteiger partial charge in [0.15, 0.2) is 0 Å². The summed E-state index contributed by atoms with van der Waals surface area (Å²) >= 11 is 0. The average molecular weight is 422 g/mol. The van der Waals surface area contributed by atoms with Crippen LogP contribution in [0.15, 0.2) is 82.4 Å². The van der Waals surface area contributed by atoms with Gasteiger partial charge in [-0.3, -0.25) is 0 Å². The normalized spacial score (nSPS) is 11.9. The molecule has 1 aromatic heterocycles. The summed E-state index contributed by atoms with van der Waals surface area (Å²) in [6, 6.07) is 20.0. The van der Waals surface area contributed by atoms with Gasteiger partial charge >= 0.3 is 6.18 Å². The standard InChI is InChI=1S/C24H17F3N2O2/c1-15-22(29-23(31-15)20-10-12-21(13-11-20)24(25,26)27)19-8-6-18(7-9-19)17-4-2-16(3-5-17)14-28-30/h2-14,30H,1H3. The Labute approximate surface area is 176 Å². The SMILES string of the molecule is Cc1oc(-c2ccc(C(F)(F)F)cc2)nc1-c1ccc(-c2ccc(C=NO)cc2)cc1. The molecule has 1 N–H and O–H groups in total. The van der Waals surface area contributed by atoms with Crippen LogP contribution in [0, 0.1) is 6.92 Å². The summed E-state index contributed by atoms with van der Waals surface area (Å²) in [5.74, 6) is 0.849. The fourth-order valence-electron chi connectivity index (χ4n) is 3.24. The predicted molar refractivity (Wildman–Crippen MR) is 112 cm³/mol. The third kappa shape index (κ3) is 4.35. The summed E-state index contributed by atoms with van der Waals surface area (Å²) in [5, 5.41) is 11.6. The highest BCUT2D eigenvalue weighted by Crippen LogP contribution is 2.33. The number of halogens is 3. The summed E-state index contributed by atoms with van der Waals surface area (Å²) in [4.78, 5) is 4.49. The molecule has 4 aromatic rings. The van der Waals surface area contributed by atoms with Crippen molar-refractivity contribution in [2.24, 2.45) is 5.16 Å². The van der Waals surface area contributed by atoms with E-state index in [-0.39, 0.29) is 5.89 Å². The van der Waals surface area contributed by atoms with Gasteiger partial charge in [-0.1, -0.05) is 53.7 Å². The second kappa shape index (κ2) is 8.10. The molecular formula is C24H17F3N2O2. The Morgan fingerprint density at radius 1 is 0.806 bits per heavy atom. The lowest BCUT2D eigenvalue weighted by atomic mass is 10.0. The van der Waals surface area contributed by atoms with E-state index in [9.17, 15) is 13.2 Å². The van der Waals surface area contributed by atoms with E-state index in [0.29, 0.717) is 17.0 Å². The van der Waals surface area contributed by atoms with Crippen molar-refractivity contribution in [3.63, 3.8) is 0 Å². The van der Waals surface area contributed by atoms with Gasteiger partial charge in [0.05, 0.1) is 11.8 Å². The maximum atomic E-state index is 12.8. The van der Waals surface area contributed by atoms with Gasteiger partial charge in [0.25, 0.3) is 0 Å². The van der Waals surface area contributed by atoms with Crippen LogP contribution in [0.1, 0.15) is 16.9 Å². The lowest BCUT2D eigenvalue weighted by Gasteiger charge is -2.06. The number of oxazole rings is 1. The molecule has 0 bridgehead atoms. The molecule has 0 unspecified atom stereocenters. The minimum absolute atomic E-state index is 0.270. The van der Waals surface area contributed by atoms with Crippen molar-refractivity contribution in [3.05, 3.63) is 89.7 Å². The van der Waals surface area contributed by atoms with E-state index in [1.165, 1.54) is 18.3 Å². The summed E-state index contributed by atoms with van der Waals surface area (Å²) < 4.78 is 44.0. The fraction of sp³-hybridized carbons (Fsp3) is 0.0833. The Balaban J connectivity index is 1.58. The van der Waals surface area contributed by atoms with Crippen LogP contribution >= 0.6 is 0 Å². The number of alkyl halides is 3.